The normalized spacial score (nSPS) is 28.4. The molecule has 2 aliphatic rings. The summed E-state index contributed by atoms with van der Waals surface area (Å²) in [4.78, 5) is 12.4. The van der Waals surface area contributed by atoms with Gasteiger partial charge in [-0.3, -0.25) is 4.79 Å². The van der Waals surface area contributed by atoms with Gasteiger partial charge in [0.05, 0.1) is 23.8 Å². The minimum absolute atomic E-state index is 0.00880. The van der Waals surface area contributed by atoms with E-state index in [2.05, 4.69) is 10.6 Å². The van der Waals surface area contributed by atoms with Crippen LogP contribution in [0.5, 0.6) is 0 Å². The monoisotopic (exact) mass is 260 g/mol. The molecule has 1 amide bonds. The van der Waals surface area contributed by atoms with E-state index in [0.717, 1.165) is 30.5 Å². The van der Waals surface area contributed by atoms with Crippen molar-refractivity contribution in [3.05, 3.63) is 29.3 Å². The van der Waals surface area contributed by atoms with Gasteiger partial charge in [0, 0.05) is 12.7 Å². The van der Waals surface area contributed by atoms with Gasteiger partial charge in [-0.25, -0.2) is 0 Å². The summed E-state index contributed by atoms with van der Waals surface area (Å²) in [6, 6.07) is 6.02. The lowest BCUT2D eigenvalue weighted by Gasteiger charge is -2.21. The second-order valence-electron chi connectivity index (χ2n) is 5.49. The molecule has 3 rings (SSSR count). The van der Waals surface area contributed by atoms with E-state index in [0.29, 0.717) is 11.7 Å². The third kappa shape index (κ3) is 2.32. The number of rotatable bonds is 3. The summed E-state index contributed by atoms with van der Waals surface area (Å²) in [6.07, 6.45) is 3.75. The van der Waals surface area contributed by atoms with Crippen molar-refractivity contribution < 1.29 is 9.53 Å². The summed E-state index contributed by atoms with van der Waals surface area (Å²) in [7, 11) is 1.84. The summed E-state index contributed by atoms with van der Waals surface area (Å²) in [5.41, 5.74) is 2.72. The molecule has 2 N–H and O–H groups in total. The number of anilines is 1. The molecular weight excluding hydrogens is 240 g/mol. The van der Waals surface area contributed by atoms with E-state index in [4.69, 9.17) is 4.74 Å². The lowest BCUT2D eigenvalue weighted by Crippen LogP contribution is -2.41. The van der Waals surface area contributed by atoms with E-state index >= 15 is 0 Å². The Kier molecular flexibility index (Phi) is 3.19. The van der Waals surface area contributed by atoms with E-state index in [1.54, 1.807) is 0 Å². The Morgan fingerprint density at radius 1 is 1.37 bits per heavy atom. The van der Waals surface area contributed by atoms with Crippen LogP contribution < -0.4 is 10.6 Å². The number of amides is 1. The molecule has 102 valence electrons. The number of carbonyl (C=O) groups excluding carboxylic acids is 1. The first kappa shape index (κ1) is 12.5. The highest BCUT2D eigenvalue weighted by molar-refractivity contribution is 5.99. The van der Waals surface area contributed by atoms with Crippen LogP contribution in [0.4, 0.5) is 5.69 Å². The van der Waals surface area contributed by atoms with Gasteiger partial charge < -0.3 is 15.4 Å². The van der Waals surface area contributed by atoms with Crippen molar-refractivity contribution in [2.75, 3.05) is 12.4 Å². The molecule has 0 aliphatic carbocycles. The van der Waals surface area contributed by atoms with Gasteiger partial charge in [-0.2, -0.15) is 0 Å². The van der Waals surface area contributed by atoms with Crippen molar-refractivity contribution in [3.8, 4) is 0 Å². The van der Waals surface area contributed by atoms with Crippen LogP contribution in [0.3, 0.4) is 0 Å². The summed E-state index contributed by atoms with van der Waals surface area (Å²) in [6.45, 7) is 2.02. The average molecular weight is 260 g/mol. The fourth-order valence-electron chi connectivity index (χ4n) is 3.10. The molecule has 2 saturated heterocycles. The molecule has 0 saturated carbocycles. The number of benzene rings is 1. The van der Waals surface area contributed by atoms with E-state index in [1.807, 2.05) is 32.2 Å². The number of nitrogens with one attached hydrogen (secondary N) is 2. The zero-order valence-electron chi connectivity index (χ0n) is 11.4. The molecule has 4 nitrogen and oxygen atoms in total. The van der Waals surface area contributed by atoms with Gasteiger partial charge in [-0.15, -0.1) is 0 Å². The van der Waals surface area contributed by atoms with Gasteiger partial charge in [0.1, 0.15) is 0 Å². The minimum Gasteiger partial charge on any atom is -0.387 e. The third-order valence-corrected chi connectivity index (χ3v) is 4.11. The molecule has 2 fully saturated rings. The minimum atomic E-state index is -0.00880. The smallest absolute Gasteiger partial charge is 0.253 e. The van der Waals surface area contributed by atoms with E-state index in [9.17, 15) is 4.79 Å². The van der Waals surface area contributed by atoms with Crippen LogP contribution in [0.1, 0.15) is 35.2 Å². The van der Waals surface area contributed by atoms with Crippen molar-refractivity contribution >= 4 is 11.6 Å². The fourth-order valence-corrected chi connectivity index (χ4v) is 3.10. The Morgan fingerprint density at radius 2 is 2.21 bits per heavy atom. The second kappa shape index (κ2) is 4.85. The van der Waals surface area contributed by atoms with Gasteiger partial charge in [-0.1, -0.05) is 6.07 Å². The van der Waals surface area contributed by atoms with Crippen LogP contribution in [0.15, 0.2) is 18.2 Å². The van der Waals surface area contributed by atoms with Crippen LogP contribution in [0, 0.1) is 6.92 Å². The zero-order valence-corrected chi connectivity index (χ0v) is 11.4. The SMILES string of the molecule is CNc1cc(C)ccc1C(=O)NC1CC2CCC1O2. The first-order valence-corrected chi connectivity index (χ1v) is 6.92. The molecule has 0 spiro atoms. The fraction of sp³-hybridized carbons (Fsp3) is 0.533. The van der Waals surface area contributed by atoms with Crippen molar-refractivity contribution in [2.45, 2.75) is 44.4 Å². The Hall–Kier alpha value is -1.55. The van der Waals surface area contributed by atoms with Gasteiger partial charge >= 0.3 is 0 Å². The number of hydrogen-bond donors (Lipinski definition) is 2. The third-order valence-electron chi connectivity index (χ3n) is 4.11. The predicted octanol–water partition coefficient (Wildman–Crippen LogP) is 2.09. The number of fused-ring (bicyclic) bond motifs is 2. The Labute approximate surface area is 113 Å². The molecule has 3 unspecified atom stereocenters. The number of carbonyl (C=O) groups is 1. The molecule has 3 atom stereocenters. The molecule has 2 heterocycles. The largest absolute Gasteiger partial charge is 0.387 e. The highest BCUT2D eigenvalue weighted by Gasteiger charge is 2.41. The maximum Gasteiger partial charge on any atom is 0.253 e. The Bertz CT molecular complexity index is 501. The van der Waals surface area contributed by atoms with Crippen LogP contribution in [0.25, 0.3) is 0 Å². The lowest BCUT2D eigenvalue weighted by atomic mass is 9.95. The van der Waals surface area contributed by atoms with Crippen LogP contribution >= 0.6 is 0 Å². The van der Waals surface area contributed by atoms with Gasteiger partial charge in [0.25, 0.3) is 5.91 Å². The summed E-state index contributed by atoms with van der Waals surface area (Å²) in [5, 5.41) is 6.20. The van der Waals surface area contributed by atoms with E-state index in [1.165, 1.54) is 0 Å². The molecule has 0 radical (unpaired) electrons. The van der Waals surface area contributed by atoms with Crippen LogP contribution in [-0.2, 0) is 4.74 Å². The molecule has 4 heteroatoms. The predicted molar refractivity (Wildman–Crippen MR) is 74.5 cm³/mol. The van der Waals surface area contributed by atoms with Crippen molar-refractivity contribution in [2.24, 2.45) is 0 Å². The second-order valence-corrected chi connectivity index (χ2v) is 5.49. The molecule has 0 aromatic heterocycles. The van der Waals surface area contributed by atoms with Crippen LogP contribution in [0.2, 0.25) is 0 Å². The van der Waals surface area contributed by atoms with Crippen molar-refractivity contribution in [3.63, 3.8) is 0 Å². The average Bonchev–Trinajstić information content (AvgIpc) is 3.00. The van der Waals surface area contributed by atoms with E-state index < -0.39 is 0 Å². The molecule has 1 aromatic rings. The standard InChI is InChI=1S/C15H20N2O2/c1-9-3-5-11(12(7-9)16-2)15(18)17-13-8-10-4-6-14(13)19-10/h3,5,7,10,13-14,16H,4,6,8H2,1-2H3,(H,17,18). The molecule has 2 bridgehead atoms. The number of ether oxygens (including phenoxy) is 1. The molecular formula is C15H20N2O2. The van der Waals surface area contributed by atoms with Crippen molar-refractivity contribution in [1.82, 2.24) is 5.32 Å². The van der Waals surface area contributed by atoms with Crippen LogP contribution in [-0.4, -0.2) is 31.2 Å². The highest BCUT2D eigenvalue weighted by Crippen LogP contribution is 2.34. The zero-order chi connectivity index (χ0) is 13.4. The summed E-state index contributed by atoms with van der Waals surface area (Å²) in [5.74, 6) is -0.00880. The summed E-state index contributed by atoms with van der Waals surface area (Å²) < 4.78 is 5.77. The Balaban J connectivity index is 1.73. The maximum absolute atomic E-state index is 12.4. The maximum atomic E-state index is 12.4. The van der Waals surface area contributed by atoms with E-state index in [-0.39, 0.29) is 18.1 Å². The first-order chi connectivity index (χ1) is 9.17. The Morgan fingerprint density at radius 3 is 2.84 bits per heavy atom. The lowest BCUT2D eigenvalue weighted by molar-refractivity contribution is 0.0841. The molecule has 19 heavy (non-hydrogen) atoms. The molecule has 1 aromatic carbocycles. The van der Waals surface area contributed by atoms with Gasteiger partial charge in [-0.05, 0) is 43.9 Å². The number of hydrogen-bond acceptors (Lipinski definition) is 3. The topological polar surface area (TPSA) is 50.4 Å². The summed E-state index contributed by atoms with van der Waals surface area (Å²) >= 11 is 0. The molecule has 2 aliphatic heterocycles. The number of aryl methyl sites for hydroxylation is 1. The quantitative estimate of drug-likeness (QED) is 0.875. The highest BCUT2D eigenvalue weighted by atomic mass is 16.5. The van der Waals surface area contributed by atoms with Gasteiger partial charge in [0.2, 0.25) is 0 Å². The first-order valence-electron chi connectivity index (χ1n) is 6.92. The van der Waals surface area contributed by atoms with Gasteiger partial charge in [0.15, 0.2) is 0 Å². The van der Waals surface area contributed by atoms with Crippen molar-refractivity contribution in [1.29, 1.82) is 0 Å².